The number of nitrogens with zero attached hydrogens (tertiary/aromatic N) is 3. The predicted octanol–water partition coefficient (Wildman–Crippen LogP) is 0.343. The van der Waals surface area contributed by atoms with Gasteiger partial charge in [-0.05, 0) is 26.9 Å². The molecule has 0 atom stereocenters. The monoisotopic (exact) mass is 241 g/mol. The Morgan fingerprint density at radius 2 is 1.82 bits per heavy atom. The second kappa shape index (κ2) is 6.14. The van der Waals surface area contributed by atoms with E-state index in [1.165, 1.54) is 52.1 Å². The van der Waals surface area contributed by atoms with Gasteiger partial charge in [0.2, 0.25) is 0 Å². The Morgan fingerprint density at radius 1 is 1.18 bits per heavy atom. The van der Waals surface area contributed by atoms with Gasteiger partial charge >= 0.3 is 0 Å². The van der Waals surface area contributed by atoms with Crippen LogP contribution in [-0.4, -0.2) is 87.3 Å². The molecular weight excluding hydrogens is 214 g/mol. The lowest BCUT2D eigenvalue weighted by Gasteiger charge is -2.41. The number of methoxy groups -OCH3 is 1. The molecule has 1 aliphatic heterocycles. The van der Waals surface area contributed by atoms with Crippen molar-refractivity contribution in [3.8, 4) is 0 Å². The van der Waals surface area contributed by atoms with Crippen LogP contribution < -0.4 is 0 Å². The van der Waals surface area contributed by atoms with Crippen LogP contribution in [0.3, 0.4) is 0 Å². The van der Waals surface area contributed by atoms with Crippen LogP contribution in [-0.2, 0) is 4.74 Å². The van der Waals surface area contributed by atoms with Crippen LogP contribution in [0.25, 0.3) is 0 Å². The third-order valence-corrected chi connectivity index (χ3v) is 4.39. The minimum absolute atomic E-state index is 0.520. The number of ether oxygens (including phenoxy) is 1. The van der Waals surface area contributed by atoms with Crippen LogP contribution >= 0.6 is 0 Å². The maximum Gasteiger partial charge on any atom is 0.0601 e. The highest BCUT2D eigenvalue weighted by molar-refractivity contribution is 4.87. The summed E-state index contributed by atoms with van der Waals surface area (Å²) in [5, 5.41) is 0. The molecule has 0 amide bonds. The van der Waals surface area contributed by atoms with Gasteiger partial charge in [-0.1, -0.05) is 0 Å². The molecule has 4 nitrogen and oxygen atoms in total. The Kier molecular flexibility index (Phi) is 4.79. The summed E-state index contributed by atoms with van der Waals surface area (Å²) in [6.45, 7) is 7.33. The molecule has 100 valence electrons. The van der Waals surface area contributed by atoms with Gasteiger partial charge in [0.25, 0.3) is 0 Å². The second-order valence-electron chi connectivity index (χ2n) is 5.61. The lowest BCUT2D eigenvalue weighted by molar-refractivity contribution is -0.0219. The molecule has 2 fully saturated rings. The fourth-order valence-corrected chi connectivity index (χ4v) is 2.64. The van der Waals surface area contributed by atoms with E-state index < -0.39 is 0 Å². The van der Waals surface area contributed by atoms with Gasteiger partial charge in [0.15, 0.2) is 0 Å². The number of piperazine rings is 1. The molecule has 0 bridgehead atoms. The Morgan fingerprint density at radius 3 is 2.41 bits per heavy atom. The van der Waals surface area contributed by atoms with Crippen molar-refractivity contribution < 1.29 is 4.74 Å². The summed E-state index contributed by atoms with van der Waals surface area (Å²) in [5.41, 5.74) is 0. The van der Waals surface area contributed by atoms with Crippen molar-refractivity contribution in [1.29, 1.82) is 0 Å². The molecule has 0 unspecified atom stereocenters. The van der Waals surface area contributed by atoms with Crippen molar-refractivity contribution >= 4 is 0 Å². The van der Waals surface area contributed by atoms with E-state index in [0.29, 0.717) is 6.10 Å². The third kappa shape index (κ3) is 3.65. The average Bonchev–Trinajstić information content (AvgIpc) is 2.27. The number of hydrogen-bond acceptors (Lipinski definition) is 4. The topological polar surface area (TPSA) is 19.0 Å². The molecule has 0 N–H and O–H groups in total. The highest BCUT2D eigenvalue weighted by Crippen LogP contribution is 2.26. The minimum Gasteiger partial charge on any atom is -0.381 e. The second-order valence-corrected chi connectivity index (χ2v) is 5.61. The molecule has 2 aliphatic rings. The smallest absolute Gasteiger partial charge is 0.0601 e. The molecule has 2 rings (SSSR count). The van der Waals surface area contributed by atoms with Gasteiger partial charge in [-0.25, -0.2) is 0 Å². The molecule has 1 heterocycles. The zero-order valence-electron chi connectivity index (χ0n) is 11.6. The van der Waals surface area contributed by atoms with Crippen LogP contribution in [0.1, 0.15) is 12.8 Å². The van der Waals surface area contributed by atoms with E-state index >= 15 is 0 Å². The first-order chi connectivity index (χ1) is 8.19. The third-order valence-electron chi connectivity index (χ3n) is 4.39. The normalized spacial score (nSPS) is 31.8. The molecule has 0 radical (unpaired) electrons. The quantitative estimate of drug-likeness (QED) is 0.691. The number of likely N-dealkylation sites (N-methyl/N-ethyl adjacent to an activating group) is 2. The zero-order chi connectivity index (χ0) is 12.3. The van der Waals surface area contributed by atoms with Crippen molar-refractivity contribution in [1.82, 2.24) is 14.7 Å². The average molecular weight is 241 g/mol. The van der Waals surface area contributed by atoms with E-state index in [-0.39, 0.29) is 0 Å². The molecule has 0 aromatic heterocycles. The van der Waals surface area contributed by atoms with E-state index in [4.69, 9.17) is 4.74 Å². The molecular formula is C13H27N3O. The summed E-state index contributed by atoms with van der Waals surface area (Å²) < 4.78 is 5.33. The predicted molar refractivity (Wildman–Crippen MR) is 70.4 cm³/mol. The van der Waals surface area contributed by atoms with Crippen molar-refractivity contribution in [2.75, 3.05) is 60.5 Å². The van der Waals surface area contributed by atoms with Gasteiger partial charge in [-0.3, -0.25) is 4.90 Å². The van der Waals surface area contributed by atoms with Crippen LogP contribution in [0.4, 0.5) is 0 Å². The standard InChI is InChI=1S/C13H27N3O/c1-14-4-7-16(8-5-14)9-6-15(2)12-10-13(11-12)17-3/h12-13H,4-11H2,1-3H3. The lowest BCUT2D eigenvalue weighted by Crippen LogP contribution is -2.50. The molecule has 1 saturated heterocycles. The highest BCUT2D eigenvalue weighted by atomic mass is 16.5. The van der Waals surface area contributed by atoms with Crippen LogP contribution in [0.5, 0.6) is 0 Å². The van der Waals surface area contributed by atoms with Crippen molar-refractivity contribution in [2.24, 2.45) is 0 Å². The molecule has 0 aromatic carbocycles. The van der Waals surface area contributed by atoms with Gasteiger partial charge < -0.3 is 14.5 Å². The Balaban J connectivity index is 1.58. The molecule has 0 spiro atoms. The summed E-state index contributed by atoms with van der Waals surface area (Å²) in [7, 11) is 6.29. The molecule has 1 aliphatic carbocycles. The van der Waals surface area contributed by atoms with Crippen molar-refractivity contribution in [3.63, 3.8) is 0 Å². The van der Waals surface area contributed by atoms with Gasteiger partial charge in [0, 0.05) is 52.4 Å². The van der Waals surface area contributed by atoms with E-state index in [2.05, 4.69) is 28.8 Å². The highest BCUT2D eigenvalue weighted by Gasteiger charge is 2.31. The summed E-state index contributed by atoms with van der Waals surface area (Å²) >= 11 is 0. The van der Waals surface area contributed by atoms with Crippen molar-refractivity contribution in [3.05, 3.63) is 0 Å². The van der Waals surface area contributed by atoms with E-state index in [0.717, 1.165) is 6.04 Å². The van der Waals surface area contributed by atoms with Crippen LogP contribution in [0.2, 0.25) is 0 Å². The van der Waals surface area contributed by atoms with Gasteiger partial charge in [0.1, 0.15) is 0 Å². The van der Waals surface area contributed by atoms with Crippen molar-refractivity contribution in [2.45, 2.75) is 25.0 Å². The Hall–Kier alpha value is -0.160. The number of rotatable bonds is 5. The van der Waals surface area contributed by atoms with E-state index in [9.17, 15) is 0 Å². The van der Waals surface area contributed by atoms with E-state index in [1.807, 2.05) is 7.11 Å². The lowest BCUT2D eigenvalue weighted by atomic mass is 9.88. The number of hydrogen-bond donors (Lipinski definition) is 0. The van der Waals surface area contributed by atoms with Gasteiger partial charge in [-0.15, -0.1) is 0 Å². The maximum absolute atomic E-state index is 5.33. The van der Waals surface area contributed by atoms with E-state index in [1.54, 1.807) is 0 Å². The summed E-state index contributed by atoms with van der Waals surface area (Å²) in [5.74, 6) is 0. The van der Waals surface area contributed by atoms with Crippen LogP contribution in [0.15, 0.2) is 0 Å². The zero-order valence-corrected chi connectivity index (χ0v) is 11.6. The fourth-order valence-electron chi connectivity index (χ4n) is 2.64. The molecule has 1 saturated carbocycles. The first-order valence-electron chi connectivity index (χ1n) is 6.83. The van der Waals surface area contributed by atoms with Gasteiger partial charge in [0.05, 0.1) is 6.10 Å². The minimum atomic E-state index is 0.520. The Bertz CT molecular complexity index is 223. The molecule has 4 heteroatoms. The van der Waals surface area contributed by atoms with Gasteiger partial charge in [-0.2, -0.15) is 0 Å². The fraction of sp³-hybridized carbons (Fsp3) is 1.00. The maximum atomic E-state index is 5.33. The first kappa shape index (κ1) is 13.3. The molecule has 0 aromatic rings. The largest absolute Gasteiger partial charge is 0.381 e. The summed E-state index contributed by atoms with van der Waals surface area (Å²) in [6, 6.07) is 0.757. The Labute approximate surface area is 105 Å². The molecule has 17 heavy (non-hydrogen) atoms. The summed E-state index contributed by atoms with van der Waals surface area (Å²) in [6.07, 6.45) is 2.96. The summed E-state index contributed by atoms with van der Waals surface area (Å²) in [4.78, 5) is 7.51. The van der Waals surface area contributed by atoms with Crippen LogP contribution in [0, 0.1) is 0 Å². The SMILES string of the molecule is COC1CC(N(C)CCN2CCN(C)CC2)C1. The first-order valence-corrected chi connectivity index (χ1v) is 6.83.